The molecule has 212 valence electrons. The van der Waals surface area contributed by atoms with Crippen LogP contribution in [0, 0.1) is 0 Å². The van der Waals surface area contributed by atoms with E-state index >= 15 is 0 Å². The number of allylic oxidation sites excluding steroid dienone is 2. The first-order chi connectivity index (χ1) is 18.6. The molecular formula is C29H36O10. The highest BCUT2D eigenvalue weighted by Gasteiger charge is 2.38. The molecule has 2 unspecified atom stereocenters. The molecular weight excluding hydrogens is 508 g/mol. The van der Waals surface area contributed by atoms with Crippen molar-refractivity contribution in [1.82, 2.24) is 0 Å². The number of hydrogen-bond acceptors (Lipinski definition) is 10. The van der Waals surface area contributed by atoms with Crippen LogP contribution in [0.4, 0.5) is 0 Å². The number of phenolic OH excluding ortho intramolecular Hbond substituents is 1. The summed E-state index contributed by atoms with van der Waals surface area (Å²) in [6.45, 7) is 7.28. The first kappa shape index (κ1) is 30.0. The third kappa shape index (κ3) is 6.36. The van der Waals surface area contributed by atoms with Crippen LogP contribution >= 0.6 is 0 Å². The lowest BCUT2D eigenvalue weighted by molar-refractivity contribution is -0.240. The topological polar surface area (TPSA) is 159 Å². The van der Waals surface area contributed by atoms with E-state index in [2.05, 4.69) is 0 Å². The third-order valence-electron chi connectivity index (χ3n) is 6.21. The fourth-order valence-corrected chi connectivity index (χ4v) is 4.17. The van der Waals surface area contributed by atoms with Gasteiger partial charge in [0, 0.05) is 23.6 Å². The standard InChI is InChI=1S/C27H30O10.C2H6/c1-13(2)4-9-16-20(35-27-19(31)10-17(29)21(12-28)36-27)11-18(30)22-23(32)24(33)25(37-26(16)22)14-5-7-15(34-3)8-6-14;1-2/h4-8,11,17,19,21,27-31,33H,9-10,12H2,1-3H3;1-2H3/t17-,19-,21?,27?;/m0./s1. The van der Waals surface area contributed by atoms with Crippen LogP contribution in [0.5, 0.6) is 23.0 Å². The van der Waals surface area contributed by atoms with Crippen molar-refractivity contribution in [3.8, 4) is 34.3 Å². The van der Waals surface area contributed by atoms with E-state index in [1.165, 1.54) is 13.2 Å². The maximum atomic E-state index is 13.2. The summed E-state index contributed by atoms with van der Waals surface area (Å²) in [5, 5.41) is 51.1. The summed E-state index contributed by atoms with van der Waals surface area (Å²) in [4.78, 5) is 13.2. The molecule has 10 heteroatoms. The molecule has 0 saturated carbocycles. The van der Waals surface area contributed by atoms with E-state index in [0.29, 0.717) is 16.9 Å². The molecule has 4 atom stereocenters. The van der Waals surface area contributed by atoms with E-state index < -0.39 is 48.1 Å². The number of ether oxygens (including phenoxy) is 3. The maximum absolute atomic E-state index is 13.2. The lowest BCUT2D eigenvalue weighted by Crippen LogP contribution is -2.51. The predicted octanol–water partition coefficient (Wildman–Crippen LogP) is 3.62. The predicted molar refractivity (Wildman–Crippen MR) is 145 cm³/mol. The summed E-state index contributed by atoms with van der Waals surface area (Å²) < 4.78 is 22.7. The van der Waals surface area contributed by atoms with Crippen LogP contribution in [0.3, 0.4) is 0 Å². The molecule has 5 N–H and O–H groups in total. The van der Waals surface area contributed by atoms with Gasteiger partial charge in [0.25, 0.3) is 0 Å². The first-order valence-corrected chi connectivity index (χ1v) is 12.8. The highest BCUT2D eigenvalue weighted by molar-refractivity contribution is 5.91. The molecule has 1 aromatic heterocycles. The van der Waals surface area contributed by atoms with Gasteiger partial charge < -0.3 is 44.2 Å². The Labute approximate surface area is 226 Å². The monoisotopic (exact) mass is 544 g/mol. The number of benzene rings is 2. The molecule has 0 radical (unpaired) electrons. The second-order valence-electron chi connectivity index (χ2n) is 9.11. The van der Waals surface area contributed by atoms with E-state index in [1.54, 1.807) is 24.3 Å². The largest absolute Gasteiger partial charge is 0.507 e. The van der Waals surface area contributed by atoms with Crippen molar-refractivity contribution in [2.45, 2.75) is 65.1 Å². The van der Waals surface area contributed by atoms with Crippen molar-refractivity contribution in [2.24, 2.45) is 0 Å². The minimum atomic E-state index is -1.27. The zero-order chi connectivity index (χ0) is 28.9. The fraction of sp³-hybridized carbons (Fsp3) is 0.414. The quantitative estimate of drug-likeness (QED) is 0.278. The molecule has 2 aromatic carbocycles. The fourth-order valence-electron chi connectivity index (χ4n) is 4.17. The number of aliphatic hydroxyl groups excluding tert-OH is 3. The Kier molecular flexibility index (Phi) is 9.98. The Morgan fingerprint density at radius 1 is 1.10 bits per heavy atom. The minimum Gasteiger partial charge on any atom is -0.507 e. The van der Waals surface area contributed by atoms with E-state index in [4.69, 9.17) is 18.6 Å². The van der Waals surface area contributed by atoms with Gasteiger partial charge >= 0.3 is 0 Å². The number of aromatic hydroxyl groups is 2. The summed E-state index contributed by atoms with van der Waals surface area (Å²) in [6, 6.07) is 7.72. The van der Waals surface area contributed by atoms with Gasteiger partial charge in [-0.15, -0.1) is 0 Å². The van der Waals surface area contributed by atoms with E-state index in [-0.39, 0.29) is 35.3 Å². The van der Waals surface area contributed by atoms with Gasteiger partial charge in [-0.25, -0.2) is 0 Å². The molecule has 3 aromatic rings. The molecule has 1 fully saturated rings. The molecule has 1 aliphatic heterocycles. The molecule has 39 heavy (non-hydrogen) atoms. The van der Waals surface area contributed by atoms with Crippen LogP contribution in [-0.4, -0.2) is 63.9 Å². The van der Waals surface area contributed by atoms with Crippen LogP contribution in [0.15, 0.2) is 51.2 Å². The molecule has 1 aliphatic rings. The number of aliphatic hydroxyl groups is 3. The summed E-state index contributed by atoms with van der Waals surface area (Å²) in [5.41, 5.74) is 0.892. The van der Waals surface area contributed by atoms with Crippen LogP contribution in [0.1, 0.15) is 39.7 Å². The summed E-state index contributed by atoms with van der Waals surface area (Å²) in [6.07, 6.45) is -2.57. The number of fused-ring (bicyclic) bond motifs is 1. The van der Waals surface area contributed by atoms with Gasteiger partial charge in [0.2, 0.25) is 17.5 Å². The number of methoxy groups -OCH3 is 1. The Morgan fingerprint density at radius 3 is 2.36 bits per heavy atom. The van der Waals surface area contributed by atoms with Crippen LogP contribution < -0.4 is 14.9 Å². The Morgan fingerprint density at radius 2 is 1.77 bits per heavy atom. The molecule has 4 rings (SSSR count). The van der Waals surface area contributed by atoms with Gasteiger partial charge in [-0.2, -0.15) is 0 Å². The van der Waals surface area contributed by atoms with Crippen molar-refractivity contribution >= 4 is 11.0 Å². The minimum absolute atomic E-state index is 0.00911. The Bertz CT molecular complexity index is 1360. The lowest BCUT2D eigenvalue weighted by Gasteiger charge is -2.36. The summed E-state index contributed by atoms with van der Waals surface area (Å²) in [5.74, 6) is -0.635. The normalized spacial score (nSPS) is 20.6. The molecule has 1 saturated heterocycles. The second kappa shape index (κ2) is 13.0. The van der Waals surface area contributed by atoms with Crippen molar-refractivity contribution < 1.29 is 44.2 Å². The SMILES string of the molecule is CC.COc1ccc(-c2oc3c(CC=C(C)C)c(OC4OC(CO)[C@@H](O)C[C@@H]4O)cc(O)c3c(=O)c2O)cc1. The van der Waals surface area contributed by atoms with Crippen LogP contribution in [0.2, 0.25) is 0 Å². The van der Waals surface area contributed by atoms with Crippen molar-refractivity contribution in [2.75, 3.05) is 13.7 Å². The smallest absolute Gasteiger partial charge is 0.238 e. The first-order valence-electron chi connectivity index (χ1n) is 12.8. The Hall–Kier alpha value is -3.57. The number of hydrogen-bond donors (Lipinski definition) is 5. The van der Waals surface area contributed by atoms with Gasteiger partial charge in [-0.1, -0.05) is 25.5 Å². The van der Waals surface area contributed by atoms with Crippen LogP contribution in [-0.2, 0) is 11.2 Å². The molecule has 0 amide bonds. The average molecular weight is 545 g/mol. The van der Waals surface area contributed by atoms with Gasteiger partial charge in [0.1, 0.15) is 40.4 Å². The third-order valence-corrected chi connectivity index (χ3v) is 6.21. The van der Waals surface area contributed by atoms with Crippen molar-refractivity contribution in [1.29, 1.82) is 0 Å². The zero-order valence-corrected chi connectivity index (χ0v) is 22.7. The zero-order valence-electron chi connectivity index (χ0n) is 22.7. The average Bonchev–Trinajstić information content (AvgIpc) is 2.92. The number of phenols is 1. The highest BCUT2D eigenvalue weighted by Crippen LogP contribution is 2.40. The van der Waals surface area contributed by atoms with Gasteiger partial charge in [-0.3, -0.25) is 4.79 Å². The van der Waals surface area contributed by atoms with Crippen LogP contribution in [0.25, 0.3) is 22.3 Å². The maximum Gasteiger partial charge on any atom is 0.238 e. The van der Waals surface area contributed by atoms with E-state index in [1.807, 2.05) is 33.8 Å². The van der Waals surface area contributed by atoms with E-state index in [9.17, 15) is 30.3 Å². The van der Waals surface area contributed by atoms with Gasteiger partial charge in [-0.05, 0) is 44.5 Å². The molecule has 0 spiro atoms. The van der Waals surface area contributed by atoms with Gasteiger partial charge in [0.05, 0.1) is 19.8 Å². The number of rotatable bonds is 7. The van der Waals surface area contributed by atoms with Gasteiger partial charge in [0.15, 0.2) is 5.76 Å². The summed E-state index contributed by atoms with van der Waals surface area (Å²) in [7, 11) is 1.51. The highest BCUT2D eigenvalue weighted by atomic mass is 16.7. The summed E-state index contributed by atoms with van der Waals surface area (Å²) >= 11 is 0. The Balaban J connectivity index is 0.00000205. The molecule has 10 nitrogen and oxygen atoms in total. The van der Waals surface area contributed by atoms with Crippen molar-refractivity contribution in [3.63, 3.8) is 0 Å². The molecule has 0 aliphatic carbocycles. The second-order valence-corrected chi connectivity index (χ2v) is 9.11. The molecule has 0 bridgehead atoms. The van der Waals surface area contributed by atoms with Crippen molar-refractivity contribution in [3.05, 3.63) is 57.8 Å². The van der Waals surface area contributed by atoms with E-state index in [0.717, 1.165) is 5.57 Å². The molecule has 2 heterocycles. The lowest BCUT2D eigenvalue weighted by atomic mass is 10.0.